The van der Waals surface area contributed by atoms with Crippen molar-refractivity contribution in [2.24, 2.45) is 0 Å². The fraction of sp³-hybridized carbons (Fsp3) is 0.348. The van der Waals surface area contributed by atoms with Gasteiger partial charge in [-0.15, -0.1) is 0 Å². The average Bonchev–Trinajstić information content (AvgIpc) is 2.83. The van der Waals surface area contributed by atoms with Crippen molar-refractivity contribution >= 4 is 11.0 Å². The van der Waals surface area contributed by atoms with Gasteiger partial charge in [0.2, 0.25) is 5.75 Å². The molecule has 3 aromatic rings. The standard InChI is InChI=1S/C23H24O12/c1-32-13-3-8(4-14(33-2)18(13)28)12-6-11(27)16-9(25)5-10(26)17(22(16)34-12)23-21(31)20(30)19(29)15(7-24)35-23/h3-6,15,19-21,23-26,28-31H,7H2,1-2H3/t15-,19-,20+,21-,23?/m1/s1. The molecule has 1 unspecified atom stereocenters. The van der Waals surface area contributed by atoms with E-state index in [0.29, 0.717) is 0 Å². The Hall–Kier alpha value is -3.55. The molecule has 2 heterocycles. The van der Waals surface area contributed by atoms with Gasteiger partial charge in [0.25, 0.3) is 0 Å². The highest BCUT2D eigenvalue weighted by Gasteiger charge is 2.46. The number of aliphatic hydroxyl groups excluding tert-OH is 4. The second kappa shape index (κ2) is 9.24. The molecule has 5 atom stereocenters. The first kappa shape index (κ1) is 24.6. The number of methoxy groups -OCH3 is 2. The summed E-state index contributed by atoms with van der Waals surface area (Å²) in [5.41, 5.74) is -1.18. The van der Waals surface area contributed by atoms with E-state index in [1.165, 1.54) is 26.4 Å². The van der Waals surface area contributed by atoms with Gasteiger partial charge in [-0.3, -0.25) is 4.79 Å². The predicted molar refractivity (Wildman–Crippen MR) is 119 cm³/mol. The van der Waals surface area contributed by atoms with Crippen LogP contribution < -0.4 is 14.9 Å². The summed E-state index contributed by atoms with van der Waals surface area (Å²) in [5.74, 6) is -1.62. The van der Waals surface area contributed by atoms with E-state index in [9.17, 15) is 40.5 Å². The van der Waals surface area contributed by atoms with Gasteiger partial charge in [-0.2, -0.15) is 0 Å². The molecule has 4 rings (SSSR count). The Morgan fingerprint density at radius 2 is 1.51 bits per heavy atom. The molecular weight excluding hydrogens is 468 g/mol. The van der Waals surface area contributed by atoms with Crippen LogP contribution in [0.3, 0.4) is 0 Å². The molecule has 0 bridgehead atoms. The second-order valence-electron chi connectivity index (χ2n) is 7.99. The number of phenolic OH excluding ortho intramolecular Hbond substituents is 3. The van der Waals surface area contributed by atoms with Gasteiger partial charge in [0, 0.05) is 17.7 Å². The van der Waals surface area contributed by atoms with Gasteiger partial charge in [0.15, 0.2) is 22.5 Å². The lowest BCUT2D eigenvalue weighted by molar-refractivity contribution is -0.231. The van der Waals surface area contributed by atoms with E-state index >= 15 is 0 Å². The van der Waals surface area contributed by atoms with Crippen LogP contribution in [0.4, 0.5) is 0 Å². The highest BCUT2D eigenvalue weighted by Crippen LogP contribution is 2.45. The third-order valence-corrected chi connectivity index (χ3v) is 5.94. The van der Waals surface area contributed by atoms with E-state index < -0.39 is 54.1 Å². The Labute approximate surface area is 197 Å². The van der Waals surface area contributed by atoms with Crippen LogP contribution in [0.5, 0.6) is 28.7 Å². The number of phenols is 3. The van der Waals surface area contributed by atoms with Crippen LogP contribution in [0.1, 0.15) is 11.7 Å². The molecule has 1 aliphatic rings. The molecular formula is C23H24O12. The summed E-state index contributed by atoms with van der Waals surface area (Å²) in [6, 6.07) is 4.63. The highest BCUT2D eigenvalue weighted by molar-refractivity contribution is 5.89. The fourth-order valence-electron chi connectivity index (χ4n) is 4.11. The number of hydrogen-bond donors (Lipinski definition) is 7. The van der Waals surface area contributed by atoms with Crippen molar-refractivity contribution < 1.29 is 54.4 Å². The van der Waals surface area contributed by atoms with E-state index in [-0.39, 0.29) is 45.1 Å². The molecule has 1 saturated heterocycles. The quantitative estimate of drug-likeness (QED) is 0.254. The molecule has 0 aliphatic carbocycles. The summed E-state index contributed by atoms with van der Waals surface area (Å²) in [5, 5.41) is 71.2. The number of aliphatic hydroxyl groups is 4. The summed E-state index contributed by atoms with van der Waals surface area (Å²) in [6.45, 7) is -0.722. The van der Waals surface area contributed by atoms with Crippen molar-refractivity contribution in [2.45, 2.75) is 30.5 Å². The molecule has 12 heteroatoms. The van der Waals surface area contributed by atoms with Crippen LogP contribution in [0.15, 0.2) is 33.5 Å². The minimum atomic E-state index is -1.80. The lowest BCUT2D eigenvalue weighted by Gasteiger charge is -2.40. The first-order valence-corrected chi connectivity index (χ1v) is 10.4. The Morgan fingerprint density at radius 3 is 2.09 bits per heavy atom. The van der Waals surface area contributed by atoms with Crippen molar-refractivity contribution in [1.82, 2.24) is 0 Å². The monoisotopic (exact) mass is 492 g/mol. The zero-order valence-electron chi connectivity index (χ0n) is 18.6. The zero-order valence-corrected chi connectivity index (χ0v) is 18.6. The van der Waals surface area contributed by atoms with Crippen LogP contribution in [0, 0.1) is 0 Å². The maximum absolute atomic E-state index is 13.0. The van der Waals surface area contributed by atoms with Gasteiger partial charge in [0.1, 0.15) is 53.2 Å². The Bertz CT molecular complexity index is 1290. The molecule has 1 fully saturated rings. The van der Waals surface area contributed by atoms with Crippen molar-refractivity contribution in [3.8, 4) is 40.1 Å². The van der Waals surface area contributed by atoms with Crippen molar-refractivity contribution in [2.75, 3.05) is 20.8 Å². The maximum atomic E-state index is 13.0. The van der Waals surface area contributed by atoms with Gasteiger partial charge in [0.05, 0.1) is 26.4 Å². The van der Waals surface area contributed by atoms with E-state index in [1.54, 1.807) is 0 Å². The van der Waals surface area contributed by atoms with Crippen molar-refractivity contribution in [3.05, 3.63) is 40.1 Å². The number of benzene rings is 2. The number of fused-ring (bicyclic) bond motifs is 1. The molecule has 7 N–H and O–H groups in total. The molecule has 0 amide bonds. The molecule has 188 valence electrons. The molecule has 0 spiro atoms. The van der Waals surface area contributed by atoms with Crippen LogP contribution >= 0.6 is 0 Å². The normalized spacial score (nSPS) is 24.5. The molecule has 2 aromatic carbocycles. The lowest BCUT2D eigenvalue weighted by Crippen LogP contribution is -2.55. The number of ether oxygens (including phenoxy) is 3. The minimum absolute atomic E-state index is 0.00927. The molecule has 35 heavy (non-hydrogen) atoms. The summed E-state index contributed by atoms with van der Waals surface area (Å²) in [4.78, 5) is 13.0. The average molecular weight is 492 g/mol. The van der Waals surface area contributed by atoms with Gasteiger partial charge in [-0.25, -0.2) is 0 Å². The first-order valence-electron chi connectivity index (χ1n) is 10.4. The highest BCUT2D eigenvalue weighted by atomic mass is 16.5. The molecule has 0 radical (unpaired) electrons. The summed E-state index contributed by atoms with van der Waals surface area (Å²) < 4.78 is 21.7. The lowest BCUT2D eigenvalue weighted by atomic mass is 9.89. The van der Waals surface area contributed by atoms with Crippen molar-refractivity contribution in [3.63, 3.8) is 0 Å². The van der Waals surface area contributed by atoms with Crippen LogP contribution in [0.25, 0.3) is 22.3 Å². The molecule has 12 nitrogen and oxygen atoms in total. The summed E-state index contributed by atoms with van der Waals surface area (Å²) in [7, 11) is 2.62. The van der Waals surface area contributed by atoms with E-state index in [1.807, 2.05) is 0 Å². The van der Waals surface area contributed by atoms with Gasteiger partial charge < -0.3 is 54.4 Å². The third-order valence-electron chi connectivity index (χ3n) is 5.94. The van der Waals surface area contributed by atoms with Gasteiger partial charge in [-0.05, 0) is 12.1 Å². The fourth-order valence-corrected chi connectivity index (χ4v) is 4.11. The summed E-state index contributed by atoms with van der Waals surface area (Å²) >= 11 is 0. The Kier molecular flexibility index (Phi) is 6.49. The topological polar surface area (TPSA) is 200 Å². The third kappa shape index (κ3) is 4.00. The van der Waals surface area contributed by atoms with E-state index in [2.05, 4.69) is 0 Å². The van der Waals surface area contributed by atoms with Gasteiger partial charge >= 0.3 is 0 Å². The number of hydrogen-bond acceptors (Lipinski definition) is 12. The largest absolute Gasteiger partial charge is 0.507 e. The van der Waals surface area contributed by atoms with E-state index in [0.717, 1.165) is 12.1 Å². The SMILES string of the molecule is COc1cc(-c2cc(=O)c3c(O)cc(O)c(C4O[C@H](CO)[C@@H](O)[C@H](O)[C@H]4O)c3o2)cc(OC)c1O. The Morgan fingerprint density at radius 1 is 0.886 bits per heavy atom. The molecule has 1 aliphatic heterocycles. The van der Waals surface area contributed by atoms with Crippen LogP contribution in [-0.2, 0) is 4.74 Å². The van der Waals surface area contributed by atoms with Crippen LogP contribution in [-0.4, -0.2) is 81.0 Å². The second-order valence-corrected chi connectivity index (χ2v) is 7.99. The minimum Gasteiger partial charge on any atom is -0.507 e. The summed E-state index contributed by atoms with van der Waals surface area (Å²) in [6.07, 6.45) is -8.08. The first-order chi connectivity index (χ1) is 16.6. The van der Waals surface area contributed by atoms with Crippen molar-refractivity contribution in [1.29, 1.82) is 0 Å². The Balaban J connectivity index is 1.99. The maximum Gasteiger partial charge on any atom is 0.200 e. The smallest absolute Gasteiger partial charge is 0.200 e. The van der Waals surface area contributed by atoms with Gasteiger partial charge in [-0.1, -0.05) is 0 Å². The number of rotatable bonds is 5. The predicted octanol–water partition coefficient (Wildman–Crippen LogP) is 0.109. The molecule has 0 saturated carbocycles. The number of aromatic hydroxyl groups is 3. The van der Waals surface area contributed by atoms with E-state index in [4.69, 9.17) is 18.6 Å². The zero-order chi connectivity index (χ0) is 25.6. The van der Waals surface area contributed by atoms with Crippen LogP contribution in [0.2, 0.25) is 0 Å². The molecule has 1 aromatic heterocycles.